The van der Waals surface area contributed by atoms with E-state index in [0.717, 1.165) is 12.8 Å². The standard InChI is InChI=1S/C25H33F3N4O4/c1-15(2)32-22(34-18-7-6-8-19(11-18)35-25(26,27)28)29-21(30-32)12-20-16-9-10-17(20)14-31(13-16)23(33)36-24(3,4)5/h6-8,11,15-17,20H,9-10,12-14H2,1-5H3/t16-,17+,20?. The van der Waals surface area contributed by atoms with Gasteiger partial charge in [0.05, 0.1) is 6.04 Å². The highest BCUT2D eigenvalue weighted by molar-refractivity contribution is 5.68. The zero-order chi connectivity index (χ0) is 26.3. The molecule has 1 aliphatic carbocycles. The first-order chi connectivity index (χ1) is 16.8. The molecule has 0 radical (unpaired) electrons. The van der Waals surface area contributed by atoms with Crippen LogP contribution in [0.1, 0.15) is 59.3 Å². The van der Waals surface area contributed by atoms with Crippen LogP contribution in [0.25, 0.3) is 0 Å². The Morgan fingerprint density at radius 1 is 1.11 bits per heavy atom. The summed E-state index contributed by atoms with van der Waals surface area (Å²) in [5, 5.41) is 4.65. The molecule has 2 heterocycles. The summed E-state index contributed by atoms with van der Waals surface area (Å²) in [5.41, 5.74) is -0.532. The number of hydrogen-bond donors (Lipinski definition) is 0. The van der Waals surface area contributed by atoms with Crippen molar-refractivity contribution in [3.05, 3.63) is 30.1 Å². The van der Waals surface area contributed by atoms with Gasteiger partial charge in [0, 0.05) is 25.6 Å². The lowest BCUT2D eigenvalue weighted by molar-refractivity contribution is -0.274. The van der Waals surface area contributed by atoms with E-state index in [0.29, 0.717) is 43.1 Å². The lowest BCUT2D eigenvalue weighted by Crippen LogP contribution is -2.47. The van der Waals surface area contributed by atoms with Crippen LogP contribution in [0.2, 0.25) is 0 Å². The van der Waals surface area contributed by atoms with Gasteiger partial charge in [-0.1, -0.05) is 6.07 Å². The monoisotopic (exact) mass is 510 g/mol. The maximum absolute atomic E-state index is 12.6. The Morgan fingerprint density at radius 3 is 2.33 bits per heavy atom. The molecule has 1 saturated heterocycles. The number of piperidine rings is 1. The fraction of sp³-hybridized carbons (Fsp3) is 0.640. The number of likely N-dealkylation sites (tertiary alicyclic amines) is 1. The van der Waals surface area contributed by atoms with Crippen molar-refractivity contribution in [1.82, 2.24) is 19.7 Å². The summed E-state index contributed by atoms with van der Waals surface area (Å²) >= 11 is 0. The highest BCUT2D eigenvalue weighted by Gasteiger charge is 2.44. The molecule has 2 fully saturated rings. The second-order valence-electron chi connectivity index (χ2n) is 10.8. The number of benzene rings is 1. The topological polar surface area (TPSA) is 78.7 Å². The number of amides is 1. The second kappa shape index (κ2) is 9.82. The summed E-state index contributed by atoms with van der Waals surface area (Å²) in [6.07, 6.45) is -2.34. The van der Waals surface area contributed by atoms with Crippen molar-refractivity contribution < 1.29 is 32.2 Å². The molecule has 3 atom stereocenters. The Bertz CT molecular complexity index is 1070. The lowest BCUT2D eigenvalue weighted by atomic mass is 9.82. The fourth-order valence-corrected chi connectivity index (χ4v) is 5.04. The van der Waals surface area contributed by atoms with Crippen LogP contribution in [0.3, 0.4) is 0 Å². The van der Waals surface area contributed by atoms with Gasteiger partial charge in [0.25, 0.3) is 0 Å². The fourth-order valence-electron chi connectivity index (χ4n) is 5.04. The van der Waals surface area contributed by atoms with E-state index in [1.54, 1.807) is 4.68 Å². The molecule has 11 heteroatoms. The van der Waals surface area contributed by atoms with Crippen molar-refractivity contribution in [3.63, 3.8) is 0 Å². The highest BCUT2D eigenvalue weighted by atomic mass is 19.4. The Balaban J connectivity index is 1.46. The molecule has 1 amide bonds. The van der Waals surface area contributed by atoms with Crippen LogP contribution in [0, 0.1) is 17.8 Å². The maximum Gasteiger partial charge on any atom is 0.573 e. The number of rotatable bonds is 6. The number of fused-ring (bicyclic) bond motifs is 2. The molecule has 8 nitrogen and oxygen atoms in total. The number of ether oxygens (including phenoxy) is 3. The third-order valence-electron chi connectivity index (χ3n) is 6.48. The van der Waals surface area contributed by atoms with Crippen LogP contribution in [-0.2, 0) is 11.2 Å². The quantitative estimate of drug-likeness (QED) is 0.475. The molecule has 198 valence electrons. The average Bonchev–Trinajstić information content (AvgIpc) is 3.22. The zero-order valence-corrected chi connectivity index (χ0v) is 21.2. The summed E-state index contributed by atoms with van der Waals surface area (Å²) in [7, 11) is 0. The van der Waals surface area contributed by atoms with Crippen molar-refractivity contribution in [3.8, 4) is 17.5 Å². The van der Waals surface area contributed by atoms with Crippen LogP contribution < -0.4 is 9.47 Å². The van der Waals surface area contributed by atoms with Crippen LogP contribution in [0.4, 0.5) is 18.0 Å². The van der Waals surface area contributed by atoms with Crippen LogP contribution in [0.15, 0.2) is 24.3 Å². The molecule has 2 bridgehead atoms. The number of alkyl halides is 3. The minimum Gasteiger partial charge on any atom is -0.444 e. The van der Waals surface area contributed by atoms with Crippen molar-refractivity contribution in [2.24, 2.45) is 17.8 Å². The summed E-state index contributed by atoms with van der Waals surface area (Å²) in [4.78, 5) is 19.0. The Kier molecular flexibility index (Phi) is 7.12. The average molecular weight is 511 g/mol. The molecule has 1 aromatic heterocycles. The van der Waals surface area contributed by atoms with E-state index < -0.39 is 12.0 Å². The molecule has 0 N–H and O–H groups in total. The maximum atomic E-state index is 12.6. The molecule has 1 aliphatic heterocycles. The predicted octanol–water partition coefficient (Wildman–Crippen LogP) is 5.99. The first-order valence-electron chi connectivity index (χ1n) is 12.2. The van der Waals surface area contributed by atoms with Gasteiger partial charge in [-0.05, 0) is 77.3 Å². The number of hydrogen-bond acceptors (Lipinski definition) is 6. The van der Waals surface area contributed by atoms with E-state index in [-0.39, 0.29) is 29.6 Å². The van der Waals surface area contributed by atoms with Crippen LogP contribution >= 0.6 is 0 Å². The van der Waals surface area contributed by atoms with Crippen molar-refractivity contribution >= 4 is 6.09 Å². The van der Waals surface area contributed by atoms with Gasteiger partial charge in [-0.2, -0.15) is 10.1 Å². The van der Waals surface area contributed by atoms with Gasteiger partial charge in [0.2, 0.25) is 0 Å². The second-order valence-corrected chi connectivity index (χ2v) is 10.8. The summed E-state index contributed by atoms with van der Waals surface area (Å²) in [6.45, 7) is 10.7. The Morgan fingerprint density at radius 2 is 1.75 bits per heavy atom. The zero-order valence-electron chi connectivity index (χ0n) is 21.2. The van der Waals surface area contributed by atoms with Gasteiger partial charge in [0.1, 0.15) is 17.1 Å². The van der Waals surface area contributed by atoms with Crippen molar-refractivity contribution in [2.75, 3.05) is 13.1 Å². The number of carbonyl (C=O) groups is 1. The van der Waals surface area contributed by atoms with E-state index in [2.05, 4.69) is 14.8 Å². The highest BCUT2D eigenvalue weighted by Crippen LogP contribution is 2.44. The number of halogens is 3. The van der Waals surface area contributed by atoms with E-state index in [1.165, 1.54) is 24.3 Å². The van der Waals surface area contributed by atoms with Gasteiger partial charge >= 0.3 is 18.5 Å². The van der Waals surface area contributed by atoms with Gasteiger partial charge in [-0.15, -0.1) is 13.2 Å². The first kappa shape index (κ1) is 26.1. The van der Waals surface area contributed by atoms with E-state index in [9.17, 15) is 18.0 Å². The molecule has 1 aromatic carbocycles. The third kappa shape index (κ3) is 6.41. The molecule has 0 spiro atoms. The molecule has 2 aliphatic rings. The summed E-state index contributed by atoms with van der Waals surface area (Å²) < 4.78 is 54.8. The Hall–Kier alpha value is -2.98. The van der Waals surface area contributed by atoms with E-state index in [1.807, 2.05) is 39.5 Å². The van der Waals surface area contributed by atoms with E-state index in [4.69, 9.17) is 9.47 Å². The van der Waals surface area contributed by atoms with Crippen LogP contribution in [0.5, 0.6) is 17.5 Å². The normalized spacial score (nSPS) is 22.1. The smallest absolute Gasteiger partial charge is 0.444 e. The van der Waals surface area contributed by atoms with Gasteiger partial charge < -0.3 is 19.1 Å². The molecule has 1 saturated carbocycles. The number of aromatic nitrogens is 3. The summed E-state index contributed by atoms with van der Waals surface area (Å²) in [5.74, 6) is 1.43. The summed E-state index contributed by atoms with van der Waals surface area (Å²) in [6, 6.07) is 5.47. The van der Waals surface area contributed by atoms with Gasteiger partial charge in [-0.3, -0.25) is 0 Å². The molecular weight excluding hydrogens is 477 g/mol. The minimum absolute atomic E-state index is 0.0680. The SMILES string of the molecule is CC(C)n1nc(CC2[C@@H]3CC[C@H]2CN(C(=O)OC(C)(C)C)C3)nc1Oc1cccc(OC(F)(F)F)c1. The third-order valence-corrected chi connectivity index (χ3v) is 6.48. The lowest BCUT2D eigenvalue weighted by Gasteiger charge is -2.38. The predicted molar refractivity (Wildman–Crippen MR) is 125 cm³/mol. The first-order valence-corrected chi connectivity index (χ1v) is 12.2. The van der Waals surface area contributed by atoms with Gasteiger partial charge in [-0.25, -0.2) is 9.48 Å². The van der Waals surface area contributed by atoms with Crippen molar-refractivity contribution in [2.45, 2.75) is 71.9 Å². The van der Waals surface area contributed by atoms with E-state index >= 15 is 0 Å². The number of carbonyl (C=O) groups excluding carboxylic acids is 1. The molecular formula is C25H33F3N4O4. The number of nitrogens with zero attached hydrogens (tertiary/aromatic N) is 4. The molecule has 4 rings (SSSR count). The molecule has 36 heavy (non-hydrogen) atoms. The minimum atomic E-state index is -4.79. The van der Waals surface area contributed by atoms with Crippen molar-refractivity contribution in [1.29, 1.82) is 0 Å². The largest absolute Gasteiger partial charge is 0.573 e. The van der Waals surface area contributed by atoms with Gasteiger partial charge in [0.15, 0.2) is 5.82 Å². The Labute approximate surface area is 208 Å². The molecule has 1 unspecified atom stereocenters. The molecule has 2 aromatic rings. The van der Waals surface area contributed by atoms with Crippen LogP contribution in [-0.4, -0.2) is 50.8 Å².